The van der Waals surface area contributed by atoms with Crippen molar-refractivity contribution in [1.82, 2.24) is 5.16 Å². The van der Waals surface area contributed by atoms with Crippen molar-refractivity contribution in [2.24, 2.45) is 0 Å². The number of hydrogen-bond donors (Lipinski definition) is 2. The fourth-order valence-electron chi connectivity index (χ4n) is 1.47. The first kappa shape index (κ1) is 10.8. The largest absolute Gasteiger partial charge is 0.506 e. The highest BCUT2D eigenvalue weighted by atomic mass is 35.5. The van der Waals surface area contributed by atoms with E-state index in [0.29, 0.717) is 16.3 Å². The van der Waals surface area contributed by atoms with E-state index in [1.807, 2.05) is 13.8 Å². The van der Waals surface area contributed by atoms with Gasteiger partial charge in [0.1, 0.15) is 11.4 Å². The zero-order valence-electron chi connectivity index (χ0n) is 8.91. The summed E-state index contributed by atoms with van der Waals surface area (Å²) in [5.41, 5.74) is 8.24. The van der Waals surface area contributed by atoms with Gasteiger partial charge in [-0.3, -0.25) is 0 Å². The maximum Gasteiger partial charge on any atom is 0.222 e. The molecule has 0 aliphatic carbocycles. The second-order valence-electron chi connectivity index (χ2n) is 3.64. The van der Waals surface area contributed by atoms with Crippen molar-refractivity contribution in [3.05, 3.63) is 28.3 Å². The molecular weight excluding hydrogens is 228 g/mol. The second kappa shape index (κ2) is 3.72. The van der Waals surface area contributed by atoms with E-state index in [2.05, 4.69) is 5.16 Å². The number of aryl methyl sites for hydroxylation is 1. The molecule has 0 spiro atoms. The predicted octanol–water partition coefficient (Wildman–Crippen LogP) is 2.90. The summed E-state index contributed by atoms with van der Waals surface area (Å²) >= 11 is 6.01. The van der Waals surface area contributed by atoms with E-state index in [4.69, 9.17) is 21.9 Å². The Hall–Kier alpha value is -1.68. The number of aromatic nitrogens is 1. The lowest BCUT2D eigenvalue weighted by molar-refractivity contribution is 0.437. The van der Waals surface area contributed by atoms with Crippen molar-refractivity contribution < 1.29 is 9.63 Å². The number of phenolic OH excluding ortho intramolecular Hbond substituents is 1. The Bertz CT molecular complexity index is 549. The Balaban J connectivity index is 2.66. The van der Waals surface area contributed by atoms with Gasteiger partial charge in [0.15, 0.2) is 0 Å². The van der Waals surface area contributed by atoms with E-state index in [1.54, 1.807) is 12.1 Å². The highest BCUT2D eigenvalue weighted by Gasteiger charge is 2.15. The molecule has 2 aromatic rings. The Kier molecular flexibility index (Phi) is 2.52. The molecule has 0 unspecified atom stereocenters. The fraction of sp³-hybridized carbons (Fsp3) is 0.182. The molecule has 0 aliphatic rings. The van der Waals surface area contributed by atoms with Gasteiger partial charge in [-0.05, 0) is 31.0 Å². The molecule has 0 saturated heterocycles. The summed E-state index contributed by atoms with van der Waals surface area (Å²) in [6.07, 6.45) is 0. The van der Waals surface area contributed by atoms with Gasteiger partial charge in [0, 0.05) is 11.6 Å². The van der Waals surface area contributed by atoms with Gasteiger partial charge in [-0.1, -0.05) is 16.8 Å². The maximum atomic E-state index is 9.91. The summed E-state index contributed by atoms with van der Waals surface area (Å²) in [7, 11) is 0. The number of nitrogen functional groups attached to an aromatic ring is 1. The smallest absolute Gasteiger partial charge is 0.222 e. The molecule has 1 heterocycles. The molecule has 1 aromatic carbocycles. The summed E-state index contributed by atoms with van der Waals surface area (Å²) in [5.74, 6) is 0.196. The van der Waals surface area contributed by atoms with Gasteiger partial charge >= 0.3 is 0 Å². The standard InChI is InChI=1S/C11H11ClN2O2/c1-5-3-7(8-4-9(13)16-14-8)11(15)10(12)6(5)2/h3-4,15H,13H2,1-2H3. The molecule has 0 aliphatic heterocycles. The molecule has 4 nitrogen and oxygen atoms in total. The normalized spacial score (nSPS) is 10.7. The van der Waals surface area contributed by atoms with E-state index in [1.165, 1.54) is 0 Å². The zero-order chi connectivity index (χ0) is 11.9. The fourth-order valence-corrected chi connectivity index (χ4v) is 1.72. The third-order valence-corrected chi connectivity index (χ3v) is 3.01. The molecule has 0 fully saturated rings. The number of nitrogens with two attached hydrogens (primary N) is 1. The lowest BCUT2D eigenvalue weighted by atomic mass is 10.0. The SMILES string of the molecule is Cc1cc(-c2cc(N)on2)c(O)c(Cl)c1C. The van der Waals surface area contributed by atoms with Crippen molar-refractivity contribution in [3.8, 4) is 17.0 Å². The molecule has 5 heteroatoms. The van der Waals surface area contributed by atoms with Crippen molar-refractivity contribution in [2.45, 2.75) is 13.8 Å². The van der Waals surface area contributed by atoms with Gasteiger partial charge in [0.05, 0.1) is 5.02 Å². The monoisotopic (exact) mass is 238 g/mol. The van der Waals surface area contributed by atoms with E-state index < -0.39 is 0 Å². The van der Waals surface area contributed by atoms with Crippen molar-refractivity contribution >= 4 is 17.5 Å². The third kappa shape index (κ3) is 1.61. The average Bonchev–Trinajstić information content (AvgIpc) is 2.67. The first-order valence-electron chi connectivity index (χ1n) is 4.72. The van der Waals surface area contributed by atoms with Crippen LogP contribution in [0.5, 0.6) is 5.75 Å². The molecule has 2 rings (SSSR count). The van der Waals surface area contributed by atoms with E-state index in [-0.39, 0.29) is 11.6 Å². The maximum absolute atomic E-state index is 9.91. The molecule has 0 amide bonds. The quantitative estimate of drug-likeness (QED) is 0.801. The molecule has 1 aromatic heterocycles. The Morgan fingerprint density at radius 3 is 2.62 bits per heavy atom. The first-order chi connectivity index (χ1) is 7.50. The topological polar surface area (TPSA) is 72.3 Å². The van der Waals surface area contributed by atoms with Crippen LogP contribution in [0, 0.1) is 13.8 Å². The zero-order valence-corrected chi connectivity index (χ0v) is 9.67. The van der Waals surface area contributed by atoms with E-state index in [0.717, 1.165) is 11.1 Å². The number of anilines is 1. The van der Waals surface area contributed by atoms with Crippen LogP contribution in [0.25, 0.3) is 11.3 Å². The molecule has 0 atom stereocenters. The van der Waals surface area contributed by atoms with Gasteiger partial charge in [-0.15, -0.1) is 0 Å². The van der Waals surface area contributed by atoms with Gasteiger partial charge in [-0.25, -0.2) is 0 Å². The van der Waals surface area contributed by atoms with Crippen LogP contribution in [0.3, 0.4) is 0 Å². The second-order valence-corrected chi connectivity index (χ2v) is 4.02. The Morgan fingerprint density at radius 2 is 2.06 bits per heavy atom. The van der Waals surface area contributed by atoms with Gasteiger partial charge < -0.3 is 15.4 Å². The van der Waals surface area contributed by atoms with E-state index >= 15 is 0 Å². The van der Waals surface area contributed by atoms with Crippen molar-refractivity contribution in [1.29, 1.82) is 0 Å². The molecule has 0 radical (unpaired) electrons. The first-order valence-corrected chi connectivity index (χ1v) is 5.09. The lowest BCUT2D eigenvalue weighted by Gasteiger charge is -2.08. The van der Waals surface area contributed by atoms with Crippen LogP contribution in [0.2, 0.25) is 5.02 Å². The van der Waals surface area contributed by atoms with Crippen LogP contribution in [0.1, 0.15) is 11.1 Å². The minimum absolute atomic E-state index is 0.00179. The number of aromatic hydroxyl groups is 1. The number of rotatable bonds is 1. The number of nitrogens with zero attached hydrogens (tertiary/aromatic N) is 1. The molecule has 3 N–H and O–H groups in total. The van der Waals surface area contributed by atoms with Crippen LogP contribution in [-0.2, 0) is 0 Å². The highest BCUT2D eigenvalue weighted by molar-refractivity contribution is 6.33. The summed E-state index contributed by atoms with van der Waals surface area (Å²) < 4.78 is 4.76. The lowest BCUT2D eigenvalue weighted by Crippen LogP contribution is -1.88. The summed E-state index contributed by atoms with van der Waals surface area (Å²) in [5, 5.41) is 14.0. The van der Waals surface area contributed by atoms with Gasteiger partial charge in [-0.2, -0.15) is 0 Å². The van der Waals surface area contributed by atoms with Crippen LogP contribution >= 0.6 is 11.6 Å². The number of halogens is 1. The molecule has 16 heavy (non-hydrogen) atoms. The third-order valence-electron chi connectivity index (χ3n) is 2.55. The molecule has 84 valence electrons. The van der Waals surface area contributed by atoms with Crippen molar-refractivity contribution in [3.63, 3.8) is 0 Å². The summed E-state index contributed by atoms with van der Waals surface area (Å²) in [4.78, 5) is 0. The van der Waals surface area contributed by atoms with E-state index in [9.17, 15) is 5.11 Å². The minimum atomic E-state index is -0.00179. The summed E-state index contributed by atoms with van der Waals surface area (Å²) in [6.45, 7) is 3.76. The number of benzene rings is 1. The number of hydrogen-bond acceptors (Lipinski definition) is 4. The van der Waals surface area contributed by atoms with Crippen LogP contribution in [0.15, 0.2) is 16.7 Å². The number of phenols is 1. The minimum Gasteiger partial charge on any atom is -0.506 e. The highest BCUT2D eigenvalue weighted by Crippen LogP contribution is 2.38. The Morgan fingerprint density at radius 1 is 1.38 bits per heavy atom. The molecule has 0 bridgehead atoms. The van der Waals surface area contributed by atoms with Gasteiger partial charge in [0.2, 0.25) is 5.88 Å². The summed E-state index contributed by atoms with van der Waals surface area (Å²) in [6, 6.07) is 3.34. The Labute approximate surface area is 97.6 Å². The van der Waals surface area contributed by atoms with Crippen LogP contribution < -0.4 is 5.73 Å². The van der Waals surface area contributed by atoms with Crippen molar-refractivity contribution in [2.75, 3.05) is 5.73 Å². The average molecular weight is 239 g/mol. The van der Waals surface area contributed by atoms with Crippen LogP contribution in [0.4, 0.5) is 5.88 Å². The van der Waals surface area contributed by atoms with Gasteiger partial charge in [0.25, 0.3) is 0 Å². The van der Waals surface area contributed by atoms with Crippen LogP contribution in [-0.4, -0.2) is 10.3 Å². The molecular formula is C11H11ClN2O2. The predicted molar refractivity (Wildman–Crippen MR) is 62.5 cm³/mol. The molecule has 0 saturated carbocycles.